The lowest BCUT2D eigenvalue weighted by atomic mass is 9.76. The molecule has 0 radical (unpaired) electrons. The van der Waals surface area contributed by atoms with E-state index in [2.05, 4.69) is 25.2 Å². The third-order valence-electron chi connectivity index (χ3n) is 6.13. The first-order valence-electron chi connectivity index (χ1n) is 10.9. The van der Waals surface area contributed by atoms with Crippen LogP contribution in [0.1, 0.15) is 38.2 Å². The molecule has 0 saturated carbocycles. The lowest BCUT2D eigenvalue weighted by Gasteiger charge is -2.28. The monoisotopic (exact) mass is 492 g/mol. The molecule has 1 aromatic heterocycles. The summed E-state index contributed by atoms with van der Waals surface area (Å²) in [5.74, 6) is 0.764. The van der Waals surface area contributed by atoms with Gasteiger partial charge in [-0.15, -0.1) is 11.6 Å². The number of hydrogen-bond acceptors (Lipinski definition) is 3. The van der Waals surface area contributed by atoms with Crippen LogP contribution in [0.25, 0.3) is 0 Å². The van der Waals surface area contributed by atoms with Gasteiger partial charge >= 0.3 is 0 Å². The molecule has 176 valence electrons. The van der Waals surface area contributed by atoms with Gasteiger partial charge in [0.25, 0.3) is 0 Å². The summed E-state index contributed by atoms with van der Waals surface area (Å²) in [4.78, 5) is 0. The van der Waals surface area contributed by atoms with Crippen molar-refractivity contribution < 1.29 is 13.2 Å². The summed E-state index contributed by atoms with van der Waals surface area (Å²) in [6.07, 6.45) is 4.95. The van der Waals surface area contributed by atoms with E-state index in [1.165, 1.54) is 12.1 Å². The van der Waals surface area contributed by atoms with Gasteiger partial charge in [-0.3, -0.25) is 0 Å². The van der Waals surface area contributed by atoms with Crippen molar-refractivity contribution in [2.24, 2.45) is 11.8 Å². The largest absolute Gasteiger partial charge is 0.466 e. The van der Waals surface area contributed by atoms with Crippen LogP contribution in [-0.4, -0.2) is 18.0 Å². The third-order valence-corrected chi connectivity index (χ3v) is 6.74. The predicted molar refractivity (Wildman–Crippen MR) is 128 cm³/mol. The Morgan fingerprint density at radius 3 is 2.58 bits per heavy atom. The minimum absolute atomic E-state index is 0.0141. The summed E-state index contributed by atoms with van der Waals surface area (Å²) in [6, 6.07) is 12.2. The minimum Gasteiger partial charge on any atom is -0.466 e. The molecule has 33 heavy (non-hydrogen) atoms. The zero-order valence-corrected chi connectivity index (χ0v) is 20.4. The van der Waals surface area contributed by atoms with Crippen molar-refractivity contribution >= 4 is 23.2 Å². The molecular weight excluding hydrogens is 465 g/mol. The number of hydrogen-bond donors (Lipinski definition) is 1. The maximum atomic E-state index is 14.5. The van der Waals surface area contributed by atoms with E-state index in [0.29, 0.717) is 23.6 Å². The summed E-state index contributed by atoms with van der Waals surface area (Å²) in [6.45, 7) is 6.75. The molecule has 2 aromatic rings. The Morgan fingerprint density at radius 1 is 1.24 bits per heavy atom. The fourth-order valence-electron chi connectivity index (χ4n) is 4.38. The number of benzene rings is 1. The van der Waals surface area contributed by atoms with Gasteiger partial charge in [-0.05, 0) is 55.7 Å². The number of halogens is 4. The molecule has 4 unspecified atom stereocenters. The number of nitrogens with zero attached hydrogens (tertiary/aromatic N) is 1. The number of aryl methyl sites for hydroxylation is 1. The molecule has 1 N–H and O–H groups in total. The van der Waals surface area contributed by atoms with E-state index in [4.69, 9.17) is 27.6 Å². The van der Waals surface area contributed by atoms with Crippen LogP contribution in [0.2, 0.25) is 5.02 Å². The number of allylic oxidation sites excluding steroid dienone is 3. The highest BCUT2D eigenvalue weighted by molar-refractivity contribution is 6.30. The van der Waals surface area contributed by atoms with Crippen molar-refractivity contribution in [1.82, 2.24) is 5.32 Å². The van der Waals surface area contributed by atoms with Gasteiger partial charge in [0.05, 0.1) is 17.4 Å². The van der Waals surface area contributed by atoms with E-state index >= 15 is 0 Å². The number of rotatable bonds is 4. The Bertz CT molecular complexity index is 1050. The van der Waals surface area contributed by atoms with Crippen molar-refractivity contribution in [3.63, 3.8) is 0 Å². The van der Waals surface area contributed by atoms with Crippen molar-refractivity contribution in [2.75, 3.05) is 6.54 Å². The van der Waals surface area contributed by atoms with Gasteiger partial charge in [-0.25, -0.2) is 8.78 Å². The zero-order chi connectivity index (χ0) is 24.2. The van der Waals surface area contributed by atoms with E-state index in [1.807, 2.05) is 25.1 Å². The summed E-state index contributed by atoms with van der Waals surface area (Å²) < 4.78 is 32.4. The van der Waals surface area contributed by atoms with E-state index < -0.39 is 5.38 Å². The highest BCUT2D eigenvalue weighted by Crippen LogP contribution is 2.40. The first-order chi connectivity index (χ1) is 15.6. The van der Waals surface area contributed by atoms with Gasteiger partial charge in [-0.2, -0.15) is 5.26 Å². The highest BCUT2D eigenvalue weighted by Gasteiger charge is 2.42. The second-order valence-electron chi connectivity index (χ2n) is 9.12. The molecule has 0 amide bonds. The molecule has 1 aliphatic carbocycles. The SMILES string of the molecule is Cc1ccc(C(C)(C)CC2NCC(C3=C(F)C(Cl)CC=C3)C2C#N)o1.Fc1cccc(Cl)c1. The Morgan fingerprint density at radius 2 is 2.00 bits per heavy atom. The van der Waals surface area contributed by atoms with Crippen molar-refractivity contribution in [3.05, 3.63) is 82.3 Å². The first kappa shape index (κ1) is 25.5. The molecule has 3 nitrogen and oxygen atoms in total. The van der Waals surface area contributed by atoms with E-state index in [0.717, 1.165) is 17.9 Å². The lowest BCUT2D eigenvalue weighted by molar-refractivity contribution is 0.306. The van der Waals surface area contributed by atoms with Crippen molar-refractivity contribution in [2.45, 2.75) is 50.4 Å². The van der Waals surface area contributed by atoms with Crippen LogP contribution in [-0.2, 0) is 5.41 Å². The number of nitrogens with one attached hydrogen (secondary N) is 1. The van der Waals surface area contributed by atoms with Crippen LogP contribution in [0, 0.1) is 35.9 Å². The number of nitriles is 1. The summed E-state index contributed by atoms with van der Waals surface area (Å²) in [5.41, 5.74) is 0.375. The lowest BCUT2D eigenvalue weighted by Crippen LogP contribution is -2.34. The fraction of sp³-hybridized carbons (Fsp3) is 0.423. The molecule has 1 saturated heterocycles. The highest BCUT2D eigenvalue weighted by atomic mass is 35.5. The molecule has 1 aliphatic heterocycles. The summed E-state index contributed by atoms with van der Waals surface area (Å²) in [7, 11) is 0. The van der Waals surface area contributed by atoms with Gasteiger partial charge in [0.1, 0.15) is 23.2 Å². The fourth-order valence-corrected chi connectivity index (χ4v) is 4.79. The Balaban J connectivity index is 0.000000323. The normalized spacial score (nSPS) is 24.9. The molecule has 2 heterocycles. The van der Waals surface area contributed by atoms with Crippen molar-refractivity contribution in [3.8, 4) is 6.07 Å². The minimum atomic E-state index is -0.610. The summed E-state index contributed by atoms with van der Waals surface area (Å²) in [5, 5.41) is 13.0. The Hall–Kier alpha value is -2.13. The van der Waals surface area contributed by atoms with Gasteiger partial charge < -0.3 is 9.73 Å². The maximum Gasteiger partial charge on any atom is 0.124 e. The van der Waals surface area contributed by atoms with Crippen LogP contribution < -0.4 is 5.32 Å². The first-order valence-corrected chi connectivity index (χ1v) is 11.7. The second kappa shape index (κ2) is 10.9. The van der Waals surface area contributed by atoms with E-state index in [-0.39, 0.29) is 34.9 Å². The van der Waals surface area contributed by atoms with Gasteiger partial charge in [-0.1, -0.05) is 43.7 Å². The smallest absolute Gasteiger partial charge is 0.124 e. The number of furan rings is 1. The molecule has 2 aliphatic rings. The number of alkyl halides is 1. The second-order valence-corrected chi connectivity index (χ2v) is 10.1. The Labute approximate surface area is 204 Å². The molecule has 0 bridgehead atoms. The van der Waals surface area contributed by atoms with E-state index in [1.54, 1.807) is 18.2 Å². The van der Waals surface area contributed by atoms with Crippen LogP contribution in [0.15, 0.2) is 64.4 Å². The van der Waals surface area contributed by atoms with Gasteiger partial charge in [0.2, 0.25) is 0 Å². The molecule has 1 fully saturated rings. The molecule has 7 heteroatoms. The van der Waals surface area contributed by atoms with Crippen LogP contribution >= 0.6 is 23.2 Å². The topological polar surface area (TPSA) is 49.0 Å². The Kier molecular flexibility index (Phi) is 8.39. The quantitative estimate of drug-likeness (QED) is 0.457. The molecule has 1 aromatic carbocycles. The molecule has 4 atom stereocenters. The maximum absolute atomic E-state index is 14.5. The summed E-state index contributed by atoms with van der Waals surface area (Å²) >= 11 is 11.5. The van der Waals surface area contributed by atoms with Crippen LogP contribution in [0.4, 0.5) is 8.78 Å². The van der Waals surface area contributed by atoms with Gasteiger partial charge in [0.15, 0.2) is 0 Å². The van der Waals surface area contributed by atoms with Crippen molar-refractivity contribution in [1.29, 1.82) is 5.26 Å². The molecule has 0 spiro atoms. The average Bonchev–Trinajstić information content (AvgIpc) is 3.36. The van der Waals surface area contributed by atoms with Gasteiger partial charge in [0, 0.05) is 28.9 Å². The molecular formula is C26H28Cl2F2N2O. The standard InChI is InChI=1S/C20H24ClFN2O.C6H4ClF/c1-12-7-8-18(25-12)20(2,3)9-17-14(10-23)15(11-24-17)13-5-4-6-16(21)19(13)22;7-5-2-1-3-6(8)4-5/h4-5,7-8,14-17,24H,6,9,11H2,1-3H3;1-4H. The average molecular weight is 493 g/mol. The molecule has 4 rings (SSSR count). The zero-order valence-electron chi connectivity index (χ0n) is 18.9. The third kappa shape index (κ3) is 6.26. The van der Waals surface area contributed by atoms with Crippen LogP contribution in [0.5, 0.6) is 0 Å². The van der Waals surface area contributed by atoms with E-state index in [9.17, 15) is 14.0 Å². The van der Waals surface area contributed by atoms with Crippen LogP contribution in [0.3, 0.4) is 0 Å². The predicted octanol–water partition coefficient (Wildman–Crippen LogP) is 7.25.